The van der Waals surface area contributed by atoms with Crippen molar-refractivity contribution < 1.29 is 9.59 Å². The van der Waals surface area contributed by atoms with Gasteiger partial charge in [-0.3, -0.25) is 9.69 Å². The van der Waals surface area contributed by atoms with Crippen LogP contribution in [0.25, 0.3) is 0 Å². The van der Waals surface area contributed by atoms with E-state index in [0.717, 1.165) is 32.5 Å². The van der Waals surface area contributed by atoms with Crippen LogP contribution in [0.3, 0.4) is 0 Å². The number of amides is 3. The standard InChI is InChI=1S/C20H32N4O2/c1-3-24(4-2)19(25)10-13-21-20(26)22-18-11-14-23(15-12-18)16-17-8-6-5-7-9-17/h5-9,18H,3-4,10-16H2,1-2H3,(H2,21,22,26). The highest BCUT2D eigenvalue weighted by molar-refractivity contribution is 5.78. The molecule has 0 saturated carbocycles. The second-order valence-corrected chi connectivity index (χ2v) is 6.75. The fraction of sp³-hybridized carbons (Fsp3) is 0.600. The van der Waals surface area contributed by atoms with E-state index in [0.29, 0.717) is 26.1 Å². The van der Waals surface area contributed by atoms with E-state index in [-0.39, 0.29) is 18.0 Å². The molecule has 1 aliphatic rings. The molecule has 2 N–H and O–H groups in total. The minimum Gasteiger partial charge on any atom is -0.343 e. The minimum atomic E-state index is -0.168. The van der Waals surface area contributed by atoms with Crippen LogP contribution in [-0.4, -0.2) is 60.5 Å². The van der Waals surface area contributed by atoms with Crippen molar-refractivity contribution in [3.8, 4) is 0 Å². The molecule has 0 atom stereocenters. The molecule has 1 aliphatic heterocycles. The molecule has 0 bridgehead atoms. The van der Waals surface area contributed by atoms with E-state index in [2.05, 4.69) is 39.8 Å². The van der Waals surface area contributed by atoms with Crippen LogP contribution >= 0.6 is 0 Å². The van der Waals surface area contributed by atoms with Gasteiger partial charge in [0.25, 0.3) is 0 Å². The third kappa shape index (κ3) is 6.67. The van der Waals surface area contributed by atoms with Gasteiger partial charge in [-0.05, 0) is 32.3 Å². The molecule has 144 valence electrons. The first kappa shape index (κ1) is 20.2. The molecule has 0 spiro atoms. The number of nitrogens with zero attached hydrogens (tertiary/aromatic N) is 2. The Hall–Kier alpha value is -2.08. The summed E-state index contributed by atoms with van der Waals surface area (Å²) in [5.74, 6) is 0.0875. The van der Waals surface area contributed by atoms with E-state index in [1.165, 1.54) is 5.56 Å². The zero-order valence-electron chi connectivity index (χ0n) is 16.0. The Labute approximate surface area is 156 Å². The Balaban J connectivity index is 1.61. The maximum atomic E-state index is 12.0. The van der Waals surface area contributed by atoms with Gasteiger partial charge in [-0.1, -0.05) is 30.3 Å². The van der Waals surface area contributed by atoms with Crippen LogP contribution in [0.5, 0.6) is 0 Å². The van der Waals surface area contributed by atoms with Gasteiger partial charge < -0.3 is 15.5 Å². The van der Waals surface area contributed by atoms with Crippen LogP contribution in [0, 0.1) is 0 Å². The number of carbonyl (C=O) groups is 2. The number of benzene rings is 1. The summed E-state index contributed by atoms with van der Waals surface area (Å²) in [6.07, 6.45) is 2.27. The first-order valence-electron chi connectivity index (χ1n) is 9.70. The highest BCUT2D eigenvalue weighted by Crippen LogP contribution is 2.13. The van der Waals surface area contributed by atoms with Crippen molar-refractivity contribution in [2.75, 3.05) is 32.7 Å². The summed E-state index contributed by atoms with van der Waals surface area (Å²) >= 11 is 0. The van der Waals surface area contributed by atoms with Crippen LogP contribution in [0.1, 0.15) is 38.7 Å². The Kier molecular flexibility index (Phi) is 8.41. The van der Waals surface area contributed by atoms with Gasteiger partial charge in [0.15, 0.2) is 0 Å². The smallest absolute Gasteiger partial charge is 0.315 e. The molecule has 0 aliphatic carbocycles. The summed E-state index contributed by atoms with van der Waals surface area (Å²) in [5, 5.41) is 5.84. The number of urea groups is 1. The summed E-state index contributed by atoms with van der Waals surface area (Å²) < 4.78 is 0. The van der Waals surface area contributed by atoms with Gasteiger partial charge in [0, 0.05) is 51.7 Å². The number of hydrogen-bond donors (Lipinski definition) is 2. The van der Waals surface area contributed by atoms with E-state index < -0.39 is 0 Å². The first-order valence-corrected chi connectivity index (χ1v) is 9.70. The van der Waals surface area contributed by atoms with E-state index in [4.69, 9.17) is 0 Å². The molecule has 1 aromatic carbocycles. The molecule has 0 radical (unpaired) electrons. The maximum absolute atomic E-state index is 12.0. The van der Waals surface area contributed by atoms with Gasteiger partial charge in [0.1, 0.15) is 0 Å². The van der Waals surface area contributed by atoms with Crippen molar-refractivity contribution in [3.63, 3.8) is 0 Å². The molecule has 26 heavy (non-hydrogen) atoms. The van der Waals surface area contributed by atoms with Crippen molar-refractivity contribution in [1.82, 2.24) is 20.4 Å². The minimum absolute atomic E-state index is 0.0875. The third-order valence-corrected chi connectivity index (χ3v) is 4.91. The summed E-state index contributed by atoms with van der Waals surface area (Å²) in [7, 11) is 0. The molecule has 1 aromatic rings. The van der Waals surface area contributed by atoms with Gasteiger partial charge >= 0.3 is 6.03 Å². The van der Waals surface area contributed by atoms with Crippen LogP contribution < -0.4 is 10.6 Å². The lowest BCUT2D eigenvalue weighted by Crippen LogP contribution is -2.48. The van der Waals surface area contributed by atoms with E-state index in [1.807, 2.05) is 19.9 Å². The van der Waals surface area contributed by atoms with Crippen LogP contribution in [0.15, 0.2) is 30.3 Å². The lowest BCUT2D eigenvalue weighted by Gasteiger charge is -2.32. The molecule has 1 fully saturated rings. The number of piperidine rings is 1. The quantitative estimate of drug-likeness (QED) is 0.747. The van der Waals surface area contributed by atoms with Crippen molar-refractivity contribution in [1.29, 1.82) is 0 Å². The van der Waals surface area contributed by atoms with E-state index in [1.54, 1.807) is 4.90 Å². The first-order chi connectivity index (χ1) is 12.6. The molecule has 6 heteroatoms. The second kappa shape index (κ2) is 10.8. The number of nitrogens with one attached hydrogen (secondary N) is 2. The molecule has 0 aromatic heterocycles. The summed E-state index contributed by atoms with van der Waals surface area (Å²) in [6, 6.07) is 10.5. The van der Waals surface area contributed by atoms with Crippen molar-refractivity contribution in [2.24, 2.45) is 0 Å². The molecule has 6 nitrogen and oxygen atoms in total. The topological polar surface area (TPSA) is 64.7 Å². The van der Waals surface area contributed by atoms with Crippen molar-refractivity contribution in [3.05, 3.63) is 35.9 Å². The average Bonchev–Trinajstić information content (AvgIpc) is 2.65. The Morgan fingerprint density at radius 3 is 2.38 bits per heavy atom. The molecule has 1 saturated heterocycles. The SMILES string of the molecule is CCN(CC)C(=O)CCNC(=O)NC1CCN(Cc2ccccc2)CC1. The van der Waals surface area contributed by atoms with Gasteiger partial charge in [0.05, 0.1) is 0 Å². The summed E-state index contributed by atoms with van der Waals surface area (Å²) in [4.78, 5) is 28.1. The summed E-state index contributed by atoms with van der Waals surface area (Å²) in [5.41, 5.74) is 1.33. The molecular weight excluding hydrogens is 328 g/mol. The zero-order valence-corrected chi connectivity index (χ0v) is 16.0. The number of carbonyl (C=O) groups excluding carboxylic acids is 2. The fourth-order valence-corrected chi connectivity index (χ4v) is 3.33. The normalized spacial score (nSPS) is 15.5. The molecular formula is C20H32N4O2. The maximum Gasteiger partial charge on any atom is 0.315 e. The van der Waals surface area contributed by atoms with Gasteiger partial charge in [-0.2, -0.15) is 0 Å². The molecule has 2 rings (SSSR count). The Bertz CT molecular complexity index is 552. The van der Waals surface area contributed by atoms with Gasteiger partial charge in [-0.15, -0.1) is 0 Å². The van der Waals surface area contributed by atoms with Gasteiger partial charge in [-0.25, -0.2) is 4.79 Å². The van der Waals surface area contributed by atoms with Crippen LogP contribution in [0.4, 0.5) is 4.79 Å². The molecule has 3 amide bonds. The van der Waals surface area contributed by atoms with E-state index in [9.17, 15) is 9.59 Å². The predicted molar refractivity (Wildman–Crippen MR) is 104 cm³/mol. The zero-order chi connectivity index (χ0) is 18.8. The lowest BCUT2D eigenvalue weighted by molar-refractivity contribution is -0.130. The monoisotopic (exact) mass is 360 g/mol. The van der Waals surface area contributed by atoms with Crippen LogP contribution in [-0.2, 0) is 11.3 Å². The number of likely N-dealkylation sites (tertiary alicyclic amines) is 1. The number of rotatable bonds is 8. The lowest BCUT2D eigenvalue weighted by atomic mass is 10.0. The van der Waals surface area contributed by atoms with Crippen molar-refractivity contribution in [2.45, 2.75) is 45.7 Å². The van der Waals surface area contributed by atoms with Crippen molar-refractivity contribution >= 4 is 11.9 Å². The predicted octanol–water partition coefficient (Wildman–Crippen LogP) is 2.21. The third-order valence-electron chi connectivity index (χ3n) is 4.91. The molecule has 1 heterocycles. The fourth-order valence-electron chi connectivity index (χ4n) is 3.33. The Morgan fingerprint density at radius 1 is 1.12 bits per heavy atom. The number of hydrogen-bond acceptors (Lipinski definition) is 3. The average molecular weight is 361 g/mol. The molecule has 0 unspecified atom stereocenters. The summed E-state index contributed by atoms with van der Waals surface area (Å²) in [6.45, 7) is 8.67. The van der Waals surface area contributed by atoms with Gasteiger partial charge in [0.2, 0.25) is 5.91 Å². The highest BCUT2D eigenvalue weighted by atomic mass is 16.2. The van der Waals surface area contributed by atoms with Crippen LogP contribution in [0.2, 0.25) is 0 Å². The largest absolute Gasteiger partial charge is 0.343 e. The second-order valence-electron chi connectivity index (χ2n) is 6.75. The van der Waals surface area contributed by atoms with E-state index >= 15 is 0 Å². The Morgan fingerprint density at radius 2 is 1.77 bits per heavy atom. The highest BCUT2D eigenvalue weighted by Gasteiger charge is 2.20.